The molecule has 0 saturated heterocycles. The Morgan fingerprint density at radius 2 is 1.72 bits per heavy atom. The topological polar surface area (TPSA) is 60.7 Å². The normalized spacial score (nSPS) is 22.2. The predicted molar refractivity (Wildman–Crippen MR) is 98.5 cm³/mol. The Kier molecular flexibility index (Phi) is 5.15. The number of aromatic nitrogens is 4. The third-order valence-corrected chi connectivity index (χ3v) is 6.56. The molecule has 2 aromatic heterocycles. The molecule has 2 fully saturated rings. The maximum absolute atomic E-state index is 12.3. The smallest absolute Gasteiger partial charge is 0.192 e. The summed E-state index contributed by atoms with van der Waals surface area (Å²) in [7, 11) is 0. The van der Waals surface area contributed by atoms with E-state index in [1.54, 1.807) is 24.2 Å². The van der Waals surface area contributed by atoms with Gasteiger partial charge in [0.05, 0.1) is 5.25 Å². The summed E-state index contributed by atoms with van der Waals surface area (Å²) in [6, 6.07) is 4.42. The lowest BCUT2D eigenvalue weighted by molar-refractivity contribution is -0.119. The number of hydrogen-bond donors (Lipinski definition) is 0. The minimum Gasteiger partial charge on any atom is -0.299 e. The molecule has 2 aromatic rings. The second-order valence-corrected chi connectivity index (χ2v) is 8.19. The highest BCUT2D eigenvalue weighted by atomic mass is 32.2. The van der Waals surface area contributed by atoms with E-state index in [1.807, 2.05) is 12.1 Å². The Bertz CT molecular complexity index is 724. The SMILES string of the molecule is O=C1CCCCC1Sc1nnc(-c2ccncc2)n1C1CCCCC1. The van der Waals surface area contributed by atoms with Crippen molar-refractivity contribution in [2.24, 2.45) is 0 Å². The van der Waals surface area contributed by atoms with E-state index in [4.69, 9.17) is 0 Å². The lowest BCUT2D eigenvalue weighted by Crippen LogP contribution is -2.23. The van der Waals surface area contributed by atoms with Gasteiger partial charge < -0.3 is 0 Å². The molecule has 5 nitrogen and oxygen atoms in total. The summed E-state index contributed by atoms with van der Waals surface area (Å²) in [5.74, 6) is 1.29. The van der Waals surface area contributed by atoms with Crippen molar-refractivity contribution in [3.05, 3.63) is 24.5 Å². The van der Waals surface area contributed by atoms with Gasteiger partial charge in [-0.05, 0) is 37.8 Å². The van der Waals surface area contributed by atoms with Crippen LogP contribution < -0.4 is 0 Å². The van der Waals surface area contributed by atoms with Crippen LogP contribution in [0.3, 0.4) is 0 Å². The van der Waals surface area contributed by atoms with Crippen molar-refractivity contribution in [3.63, 3.8) is 0 Å². The minimum absolute atomic E-state index is 0.0468. The molecular weight excluding hydrogens is 332 g/mol. The largest absolute Gasteiger partial charge is 0.299 e. The molecule has 4 rings (SSSR count). The van der Waals surface area contributed by atoms with Gasteiger partial charge in [0.25, 0.3) is 0 Å². The Hall–Kier alpha value is -1.69. The van der Waals surface area contributed by atoms with Crippen LogP contribution in [0.25, 0.3) is 11.4 Å². The van der Waals surface area contributed by atoms with E-state index in [9.17, 15) is 4.79 Å². The molecule has 0 N–H and O–H groups in total. The number of hydrogen-bond acceptors (Lipinski definition) is 5. The molecule has 1 atom stereocenters. The molecule has 132 valence electrons. The van der Waals surface area contributed by atoms with Gasteiger partial charge in [-0.3, -0.25) is 14.3 Å². The average Bonchev–Trinajstić information content (AvgIpc) is 3.09. The van der Waals surface area contributed by atoms with Crippen LogP contribution in [0.5, 0.6) is 0 Å². The number of pyridine rings is 1. The van der Waals surface area contributed by atoms with Crippen LogP contribution in [-0.4, -0.2) is 30.8 Å². The lowest BCUT2D eigenvalue weighted by atomic mass is 9.95. The summed E-state index contributed by atoms with van der Waals surface area (Å²) >= 11 is 1.63. The van der Waals surface area contributed by atoms with Crippen LogP contribution in [0.2, 0.25) is 0 Å². The summed E-state index contributed by atoms with van der Waals surface area (Å²) in [4.78, 5) is 16.4. The van der Waals surface area contributed by atoms with Crippen molar-refractivity contribution in [2.45, 2.75) is 74.2 Å². The van der Waals surface area contributed by atoms with Gasteiger partial charge in [0, 0.05) is 30.4 Å². The summed E-state index contributed by atoms with van der Waals surface area (Å²) in [5.41, 5.74) is 1.05. The van der Waals surface area contributed by atoms with Gasteiger partial charge in [-0.2, -0.15) is 0 Å². The van der Waals surface area contributed by atoms with Gasteiger partial charge in [-0.25, -0.2) is 0 Å². The van der Waals surface area contributed by atoms with Gasteiger partial charge >= 0.3 is 0 Å². The zero-order chi connectivity index (χ0) is 17.1. The number of rotatable bonds is 4. The molecule has 0 aromatic carbocycles. The summed E-state index contributed by atoms with van der Waals surface area (Å²) in [5, 5.41) is 9.97. The third kappa shape index (κ3) is 3.64. The molecule has 0 radical (unpaired) electrons. The summed E-state index contributed by atoms with van der Waals surface area (Å²) in [6.07, 6.45) is 13.6. The highest BCUT2D eigenvalue weighted by Gasteiger charge is 2.29. The van der Waals surface area contributed by atoms with Crippen LogP contribution in [0.1, 0.15) is 63.8 Å². The first-order chi connectivity index (χ1) is 12.3. The summed E-state index contributed by atoms with van der Waals surface area (Å²) < 4.78 is 2.31. The van der Waals surface area contributed by atoms with Crippen LogP contribution in [-0.2, 0) is 4.79 Å². The molecule has 0 amide bonds. The highest BCUT2D eigenvalue weighted by molar-refractivity contribution is 8.00. The van der Waals surface area contributed by atoms with Crippen LogP contribution in [0, 0.1) is 0 Å². The van der Waals surface area contributed by atoms with Crippen LogP contribution >= 0.6 is 11.8 Å². The van der Waals surface area contributed by atoms with E-state index in [2.05, 4.69) is 19.7 Å². The fraction of sp³-hybridized carbons (Fsp3) is 0.579. The molecule has 6 heteroatoms. The molecule has 0 spiro atoms. The van der Waals surface area contributed by atoms with Crippen LogP contribution in [0.15, 0.2) is 29.7 Å². The second-order valence-electron chi connectivity index (χ2n) is 7.02. The number of carbonyl (C=O) groups excluding carboxylic acids is 1. The van der Waals surface area contributed by atoms with Gasteiger partial charge in [-0.15, -0.1) is 10.2 Å². The monoisotopic (exact) mass is 356 g/mol. The predicted octanol–water partition coefficient (Wildman–Crippen LogP) is 4.45. The summed E-state index contributed by atoms with van der Waals surface area (Å²) in [6.45, 7) is 0. The third-order valence-electron chi connectivity index (χ3n) is 5.29. The maximum Gasteiger partial charge on any atom is 0.192 e. The van der Waals surface area contributed by atoms with Gasteiger partial charge in [-0.1, -0.05) is 37.4 Å². The zero-order valence-corrected chi connectivity index (χ0v) is 15.2. The van der Waals surface area contributed by atoms with E-state index >= 15 is 0 Å². The number of ketones is 1. The average molecular weight is 356 g/mol. The lowest BCUT2D eigenvalue weighted by Gasteiger charge is -2.27. The van der Waals surface area contributed by atoms with E-state index in [0.29, 0.717) is 18.2 Å². The number of thioether (sulfide) groups is 1. The molecule has 2 heterocycles. The molecule has 1 unspecified atom stereocenters. The van der Waals surface area contributed by atoms with Gasteiger partial charge in [0.1, 0.15) is 5.78 Å². The van der Waals surface area contributed by atoms with Crippen LogP contribution in [0.4, 0.5) is 0 Å². The molecular formula is C19H24N4OS. The van der Waals surface area contributed by atoms with Crippen molar-refractivity contribution >= 4 is 17.5 Å². The van der Waals surface area contributed by atoms with E-state index in [1.165, 1.54) is 32.1 Å². The fourth-order valence-corrected chi connectivity index (χ4v) is 5.15. The molecule has 25 heavy (non-hydrogen) atoms. The first kappa shape index (κ1) is 16.8. The molecule has 2 aliphatic carbocycles. The first-order valence-electron chi connectivity index (χ1n) is 9.37. The van der Waals surface area contributed by atoms with E-state index in [0.717, 1.165) is 35.8 Å². The second kappa shape index (κ2) is 7.68. The van der Waals surface area contributed by atoms with Crippen molar-refractivity contribution in [3.8, 4) is 11.4 Å². The fourth-order valence-electron chi connectivity index (χ4n) is 3.93. The Morgan fingerprint density at radius 3 is 2.48 bits per heavy atom. The number of carbonyl (C=O) groups is 1. The van der Waals surface area contributed by atoms with Crippen molar-refractivity contribution in [1.29, 1.82) is 0 Å². The van der Waals surface area contributed by atoms with Crippen molar-refractivity contribution in [1.82, 2.24) is 19.7 Å². The molecule has 2 aliphatic rings. The zero-order valence-electron chi connectivity index (χ0n) is 14.4. The Labute approximate surface area is 152 Å². The van der Waals surface area contributed by atoms with E-state index < -0.39 is 0 Å². The Morgan fingerprint density at radius 1 is 0.960 bits per heavy atom. The maximum atomic E-state index is 12.3. The van der Waals surface area contributed by atoms with Gasteiger partial charge in [0.2, 0.25) is 0 Å². The molecule has 2 saturated carbocycles. The highest BCUT2D eigenvalue weighted by Crippen LogP contribution is 2.38. The number of Topliss-reactive ketones (excluding diaryl/α,β-unsaturated/α-hetero) is 1. The quantitative estimate of drug-likeness (QED) is 0.810. The first-order valence-corrected chi connectivity index (χ1v) is 10.3. The number of nitrogens with zero attached hydrogens (tertiary/aromatic N) is 4. The molecule has 0 aliphatic heterocycles. The van der Waals surface area contributed by atoms with Crippen molar-refractivity contribution < 1.29 is 4.79 Å². The molecule has 0 bridgehead atoms. The van der Waals surface area contributed by atoms with E-state index in [-0.39, 0.29) is 5.25 Å². The van der Waals surface area contributed by atoms with Crippen molar-refractivity contribution in [2.75, 3.05) is 0 Å². The minimum atomic E-state index is 0.0468. The Balaban J connectivity index is 1.68. The van der Waals surface area contributed by atoms with Gasteiger partial charge in [0.15, 0.2) is 11.0 Å². The standard InChI is InChI=1S/C19H24N4OS/c24-16-8-4-5-9-17(16)25-19-22-21-18(14-10-12-20-13-11-14)23(19)15-6-2-1-3-7-15/h10-13,15,17H,1-9H2.